The summed E-state index contributed by atoms with van der Waals surface area (Å²) in [5, 5.41) is 5.98. The second-order valence-electron chi connectivity index (χ2n) is 4.93. The van der Waals surface area contributed by atoms with Crippen molar-refractivity contribution < 1.29 is 4.79 Å². The van der Waals surface area contributed by atoms with E-state index in [0.717, 1.165) is 25.9 Å². The van der Waals surface area contributed by atoms with Crippen LogP contribution in [0.2, 0.25) is 0 Å². The Morgan fingerprint density at radius 3 is 2.50 bits per heavy atom. The summed E-state index contributed by atoms with van der Waals surface area (Å²) in [6.07, 6.45) is 7.46. The van der Waals surface area contributed by atoms with Crippen molar-refractivity contribution in [3.05, 3.63) is 0 Å². The van der Waals surface area contributed by atoms with E-state index in [4.69, 9.17) is 0 Å². The zero-order valence-corrected chi connectivity index (χ0v) is 10.0. The van der Waals surface area contributed by atoms with Crippen LogP contribution in [-0.4, -0.2) is 43.2 Å². The van der Waals surface area contributed by atoms with E-state index in [1.807, 2.05) is 0 Å². The second-order valence-corrected chi connectivity index (χ2v) is 4.93. The van der Waals surface area contributed by atoms with Crippen LogP contribution in [0.5, 0.6) is 0 Å². The summed E-state index contributed by atoms with van der Waals surface area (Å²) in [5.41, 5.74) is 0. The second kappa shape index (κ2) is 6.09. The van der Waals surface area contributed by atoms with Crippen molar-refractivity contribution in [2.45, 2.75) is 44.6 Å². The molecule has 0 bridgehead atoms. The first kappa shape index (κ1) is 11.7. The smallest absolute Gasteiger partial charge is 0.315 e. The molecule has 2 amide bonds. The van der Waals surface area contributed by atoms with Gasteiger partial charge in [0.15, 0.2) is 0 Å². The topological polar surface area (TPSA) is 44.4 Å². The molecular formula is C12H23N3O. The highest BCUT2D eigenvalue weighted by Gasteiger charge is 2.17. The fourth-order valence-corrected chi connectivity index (χ4v) is 2.64. The van der Waals surface area contributed by atoms with Crippen LogP contribution in [0, 0.1) is 0 Å². The van der Waals surface area contributed by atoms with Crippen molar-refractivity contribution in [2.24, 2.45) is 0 Å². The third-order valence-corrected chi connectivity index (χ3v) is 3.60. The Labute approximate surface area is 97.8 Å². The molecule has 4 nitrogen and oxygen atoms in total. The van der Waals surface area contributed by atoms with Gasteiger partial charge in [-0.3, -0.25) is 0 Å². The van der Waals surface area contributed by atoms with Gasteiger partial charge in [-0.05, 0) is 38.8 Å². The number of likely N-dealkylation sites (tertiary alicyclic amines) is 1. The number of rotatable bonds is 4. The summed E-state index contributed by atoms with van der Waals surface area (Å²) < 4.78 is 0. The van der Waals surface area contributed by atoms with Crippen LogP contribution in [0.1, 0.15) is 38.5 Å². The number of nitrogens with zero attached hydrogens (tertiary/aromatic N) is 1. The Balaban J connectivity index is 1.52. The molecule has 0 atom stereocenters. The maximum atomic E-state index is 11.5. The fraction of sp³-hybridized carbons (Fsp3) is 0.917. The van der Waals surface area contributed by atoms with Crippen LogP contribution in [0.3, 0.4) is 0 Å². The highest BCUT2D eigenvalue weighted by atomic mass is 16.2. The van der Waals surface area contributed by atoms with Crippen LogP contribution in [0.15, 0.2) is 0 Å². The Morgan fingerprint density at radius 1 is 1.12 bits per heavy atom. The minimum absolute atomic E-state index is 0.0195. The zero-order chi connectivity index (χ0) is 11.2. The third-order valence-electron chi connectivity index (χ3n) is 3.60. The number of urea groups is 1. The Morgan fingerprint density at radius 2 is 1.81 bits per heavy atom. The fourth-order valence-electron chi connectivity index (χ4n) is 2.64. The maximum Gasteiger partial charge on any atom is 0.315 e. The molecule has 1 saturated heterocycles. The number of nitrogens with one attached hydrogen (secondary N) is 2. The van der Waals surface area contributed by atoms with Gasteiger partial charge in [-0.15, -0.1) is 0 Å². The van der Waals surface area contributed by atoms with Gasteiger partial charge < -0.3 is 15.5 Å². The van der Waals surface area contributed by atoms with Crippen LogP contribution in [0.25, 0.3) is 0 Å². The van der Waals surface area contributed by atoms with Crippen LogP contribution in [0.4, 0.5) is 4.79 Å². The average Bonchev–Trinajstić information content (AvgIpc) is 2.90. The van der Waals surface area contributed by atoms with E-state index in [1.165, 1.54) is 38.8 Å². The molecule has 1 saturated carbocycles. The molecule has 0 aromatic rings. The molecular weight excluding hydrogens is 202 g/mol. The lowest BCUT2D eigenvalue weighted by Gasteiger charge is -2.16. The van der Waals surface area contributed by atoms with Crippen molar-refractivity contribution >= 4 is 6.03 Å². The van der Waals surface area contributed by atoms with E-state index in [9.17, 15) is 4.79 Å². The van der Waals surface area contributed by atoms with Gasteiger partial charge in [0.05, 0.1) is 0 Å². The SMILES string of the molecule is O=C(NCCN1CCCC1)NC1CCCC1. The molecule has 16 heavy (non-hydrogen) atoms. The van der Waals surface area contributed by atoms with Gasteiger partial charge >= 0.3 is 6.03 Å². The first-order chi connectivity index (χ1) is 7.84. The monoisotopic (exact) mass is 225 g/mol. The number of hydrogen-bond acceptors (Lipinski definition) is 2. The van der Waals surface area contributed by atoms with Gasteiger partial charge in [0.25, 0.3) is 0 Å². The Kier molecular flexibility index (Phi) is 4.45. The molecule has 2 rings (SSSR count). The maximum absolute atomic E-state index is 11.5. The van der Waals surface area contributed by atoms with E-state index in [-0.39, 0.29) is 6.03 Å². The van der Waals surface area contributed by atoms with E-state index >= 15 is 0 Å². The molecule has 2 N–H and O–H groups in total. The van der Waals surface area contributed by atoms with Gasteiger partial charge in [0, 0.05) is 19.1 Å². The van der Waals surface area contributed by atoms with Crippen molar-refractivity contribution in [3.8, 4) is 0 Å². The number of carbonyl (C=O) groups is 1. The molecule has 0 spiro atoms. The summed E-state index contributed by atoms with van der Waals surface area (Å²) in [4.78, 5) is 13.9. The largest absolute Gasteiger partial charge is 0.337 e. The molecule has 0 aromatic carbocycles. The minimum atomic E-state index is 0.0195. The summed E-state index contributed by atoms with van der Waals surface area (Å²) in [6.45, 7) is 4.18. The lowest BCUT2D eigenvalue weighted by Crippen LogP contribution is -2.43. The third kappa shape index (κ3) is 3.67. The molecule has 0 radical (unpaired) electrons. The van der Waals surface area contributed by atoms with Crippen LogP contribution in [-0.2, 0) is 0 Å². The Bertz CT molecular complexity index is 220. The number of amides is 2. The molecule has 2 fully saturated rings. The quantitative estimate of drug-likeness (QED) is 0.758. The van der Waals surface area contributed by atoms with Gasteiger partial charge in [0.2, 0.25) is 0 Å². The first-order valence-electron chi connectivity index (χ1n) is 6.61. The average molecular weight is 225 g/mol. The molecule has 1 heterocycles. The normalized spacial score (nSPS) is 22.5. The van der Waals surface area contributed by atoms with Gasteiger partial charge in [-0.25, -0.2) is 4.79 Å². The highest BCUT2D eigenvalue weighted by Crippen LogP contribution is 2.17. The van der Waals surface area contributed by atoms with Crippen molar-refractivity contribution in [3.63, 3.8) is 0 Å². The predicted octanol–water partition coefficient (Wildman–Crippen LogP) is 1.32. The van der Waals surface area contributed by atoms with Crippen LogP contribution < -0.4 is 10.6 Å². The highest BCUT2D eigenvalue weighted by molar-refractivity contribution is 5.74. The van der Waals surface area contributed by atoms with Crippen LogP contribution >= 0.6 is 0 Å². The molecule has 1 aliphatic carbocycles. The van der Waals surface area contributed by atoms with Crippen molar-refractivity contribution in [1.82, 2.24) is 15.5 Å². The summed E-state index contributed by atoms with van der Waals surface area (Å²) in [6, 6.07) is 0.442. The number of hydrogen-bond donors (Lipinski definition) is 2. The number of carbonyl (C=O) groups excluding carboxylic acids is 1. The molecule has 2 aliphatic rings. The molecule has 4 heteroatoms. The van der Waals surface area contributed by atoms with Crippen molar-refractivity contribution in [1.29, 1.82) is 0 Å². The standard InChI is InChI=1S/C12H23N3O/c16-12(14-11-5-1-2-6-11)13-7-10-15-8-3-4-9-15/h11H,1-10H2,(H2,13,14,16). The first-order valence-corrected chi connectivity index (χ1v) is 6.61. The van der Waals surface area contributed by atoms with E-state index in [2.05, 4.69) is 15.5 Å². The molecule has 0 aromatic heterocycles. The summed E-state index contributed by atoms with van der Waals surface area (Å²) in [7, 11) is 0. The Hall–Kier alpha value is -0.770. The predicted molar refractivity (Wildman–Crippen MR) is 64.5 cm³/mol. The van der Waals surface area contributed by atoms with E-state index in [1.54, 1.807) is 0 Å². The van der Waals surface area contributed by atoms with Gasteiger partial charge in [0.1, 0.15) is 0 Å². The van der Waals surface area contributed by atoms with Gasteiger partial charge in [-0.1, -0.05) is 12.8 Å². The molecule has 0 unspecified atom stereocenters. The minimum Gasteiger partial charge on any atom is -0.337 e. The zero-order valence-electron chi connectivity index (χ0n) is 10.0. The summed E-state index contributed by atoms with van der Waals surface area (Å²) in [5.74, 6) is 0. The molecule has 1 aliphatic heterocycles. The molecule has 92 valence electrons. The van der Waals surface area contributed by atoms with E-state index < -0.39 is 0 Å². The summed E-state index contributed by atoms with van der Waals surface area (Å²) >= 11 is 0. The lowest BCUT2D eigenvalue weighted by atomic mass is 10.2. The van der Waals surface area contributed by atoms with Gasteiger partial charge in [-0.2, -0.15) is 0 Å². The van der Waals surface area contributed by atoms with Crippen molar-refractivity contribution in [2.75, 3.05) is 26.2 Å². The lowest BCUT2D eigenvalue weighted by molar-refractivity contribution is 0.234. The van der Waals surface area contributed by atoms with E-state index in [0.29, 0.717) is 6.04 Å².